The molecule has 3 heteroatoms. The summed E-state index contributed by atoms with van der Waals surface area (Å²) in [6, 6.07) is 5.24. The highest BCUT2D eigenvalue weighted by Gasteiger charge is 2.22. The summed E-state index contributed by atoms with van der Waals surface area (Å²) in [5, 5.41) is 0.766. The Labute approximate surface area is 106 Å². The number of benzene rings is 1. The van der Waals surface area contributed by atoms with Crippen LogP contribution in [0, 0.1) is 12.7 Å². The monoisotopic (exact) mass is 245 g/mol. The fourth-order valence-corrected chi connectivity index (χ4v) is 2.92. The molecule has 0 bridgehead atoms. The molecule has 2 aromatic rings. The Kier molecular flexibility index (Phi) is 2.69. The second kappa shape index (κ2) is 4.23. The number of aromatic amines is 1. The molecular formula is C15H18FN2+. The van der Waals surface area contributed by atoms with Crippen LogP contribution < -0.4 is 0 Å². The van der Waals surface area contributed by atoms with Gasteiger partial charge in [-0.1, -0.05) is 6.07 Å². The predicted octanol–water partition coefficient (Wildman–Crippen LogP) is 3.04. The van der Waals surface area contributed by atoms with Gasteiger partial charge in [-0.2, -0.15) is 0 Å². The summed E-state index contributed by atoms with van der Waals surface area (Å²) in [4.78, 5) is 3.28. The molecule has 0 unspecified atom stereocenters. The predicted molar refractivity (Wildman–Crippen MR) is 72.0 cm³/mol. The maximum absolute atomic E-state index is 14.0. The van der Waals surface area contributed by atoms with Gasteiger partial charge in [0.2, 0.25) is 0 Å². The molecule has 2 heterocycles. The van der Waals surface area contributed by atoms with Crippen LogP contribution in [0.2, 0.25) is 0 Å². The van der Waals surface area contributed by atoms with E-state index in [1.54, 1.807) is 12.1 Å². The molecule has 2 nitrogen and oxygen atoms in total. The average molecular weight is 245 g/mol. The fraction of sp³-hybridized carbons (Fsp3) is 0.400. The molecule has 1 aromatic carbocycles. The van der Waals surface area contributed by atoms with Crippen LogP contribution in [0.1, 0.15) is 24.1 Å². The summed E-state index contributed by atoms with van der Waals surface area (Å²) in [7, 11) is 2.13. The minimum atomic E-state index is -0.118. The second-order valence-electron chi connectivity index (χ2n) is 5.16. The summed E-state index contributed by atoms with van der Waals surface area (Å²) in [6.45, 7) is 3.16. The summed E-state index contributed by atoms with van der Waals surface area (Å²) in [5.41, 5.74) is 4.53. The van der Waals surface area contributed by atoms with Crippen molar-refractivity contribution in [3.8, 4) is 0 Å². The molecule has 1 aliphatic rings. The van der Waals surface area contributed by atoms with E-state index in [-0.39, 0.29) is 5.82 Å². The zero-order valence-corrected chi connectivity index (χ0v) is 10.9. The maximum Gasteiger partial charge on any atom is 0.156 e. The molecule has 0 amide bonds. The smallest absolute Gasteiger partial charge is 0.156 e. The Morgan fingerprint density at radius 1 is 1.39 bits per heavy atom. The van der Waals surface area contributed by atoms with Crippen LogP contribution in [0.15, 0.2) is 18.2 Å². The zero-order chi connectivity index (χ0) is 12.7. The van der Waals surface area contributed by atoms with Gasteiger partial charge in [0.05, 0.1) is 6.42 Å². The SMILES string of the molecule is Cc1[nH]c2cccc(F)c2c1CC1=[N+](C)CCC1. The molecule has 0 spiro atoms. The lowest BCUT2D eigenvalue weighted by Crippen LogP contribution is -2.12. The van der Waals surface area contributed by atoms with E-state index in [1.807, 2.05) is 13.0 Å². The first kappa shape index (κ1) is 11.5. The summed E-state index contributed by atoms with van der Waals surface area (Å²) in [5.74, 6) is -0.118. The number of hydrogen-bond donors (Lipinski definition) is 1. The van der Waals surface area contributed by atoms with Crippen LogP contribution in [0.5, 0.6) is 0 Å². The largest absolute Gasteiger partial charge is 0.358 e. The summed E-state index contributed by atoms with van der Waals surface area (Å²) in [6.07, 6.45) is 3.22. The minimum absolute atomic E-state index is 0.118. The van der Waals surface area contributed by atoms with Crippen LogP contribution in [0.4, 0.5) is 4.39 Å². The Bertz CT molecular complexity index is 637. The van der Waals surface area contributed by atoms with Gasteiger partial charge in [-0.3, -0.25) is 0 Å². The lowest BCUT2D eigenvalue weighted by atomic mass is 10.0. The van der Waals surface area contributed by atoms with Gasteiger partial charge in [-0.05, 0) is 24.6 Å². The van der Waals surface area contributed by atoms with Gasteiger partial charge in [0.15, 0.2) is 5.71 Å². The van der Waals surface area contributed by atoms with E-state index in [4.69, 9.17) is 0 Å². The number of aromatic nitrogens is 1. The first-order valence-electron chi connectivity index (χ1n) is 6.48. The van der Waals surface area contributed by atoms with Crippen LogP contribution in [-0.4, -0.2) is 28.9 Å². The Morgan fingerprint density at radius 2 is 2.22 bits per heavy atom. The van der Waals surface area contributed by atoms with E-state index in [1.165, 1.54) is 12.1 Å². The number of halogens is 1. The van der Waals surface area contributed by atoms with Crippen molar-refractivity contribution in [2.45, 2.75) is 26.2 Å². The molecule has 0 saturated carbocycles. The number of hydrogen-bond acceptors (Lipinski definition) is 0. The summed E-state index contributed by atoms with van der Waals surface area (Å²) < 4.78 is 16.3. The molecule has 0 aliphatic carbocycles. The van der Waals surface area contributed by atoms with Crippen molar-refractivity contribution in [2.24, 2.45) is 0 Å². The summed E-state index contributed by atoms with van der Waals surface area (Å²) >= 11 is 0. The molecule has 1 aliphatic heterocycles. The Morgan fingerprint density at radius 3 is 2.94 bits per heavy atom. The van der Waals surface area contributed by atoms with Gasteiger partial charge in [-0.15, -0.1) is 0 Å². The van der Waals surface area contributed by atoms with E-state index in [2.05, 4.69) is 16.6 Å². The van der Waals surface area contributed by atoms with Gasteiger partial charge < -0.3 is 4.98 Å². The number of fused-ring (bicyclic) bond motifs is 1. The fourth-order valence-electron chi connectivity index (χ4n) is 2.92. The lowest BCUT2D eigenvalue weighted by Gasteiger charge is -2.01. The molecule has 0 radical (unpaired) electrons. The maximum atomic E-state index is 14.0. The van der Waals surface area contributed by atoms with Crippen LogP contribution in [-0.2, 0) is 6.42 Å². The van der Waals surface area contributed by atoms with E-state index in [0.717, 1.165) is 41.5 Å². The van der Waals surface area contributed by atoms with Crippen molar-refractivity contribution >= 4 is 16.6 Å². The number of H-pyrrole nitrogens is 1. The van der Waals surface area contributed by atoms with Crippen molar-refractivity contribution in [2.75, 3.05) is 13.6 Å². The Balaban J connectivity index is 2.11. The Hall–Kier alpha value is -1.64. The number of rotatable bonds is 2. The minimum Gasteiger partial charge on any atom is -0.358 e. The van der Waals surface area contributed by atoms with Crippen LogP contribution >= 0.6 is 0 Å². The molecule has 1 aromatic heterocycles. The van der Waals surface area contributed by atoms with Gasteiger partial charge >= 0.3 is 0 Å². The molecular weight excluding hydrogens is 227 g/mol. The highest BCUT2D eigenvalue weighted by Crippen LogP contribution is 2.26. The highest BCUT2D eigenvalue weighted by atomic mass is 19.1. The number of nitrogens with zero attached hydrogens (tertiary/aromatic N) is 1. The lowest BCUT2D eigenvalue weighted by molar-refractivity contribution is -0.489. The molecule has 0 atom stereocenters. The molecule has 1 N–H and O–H groups in total. The van der Waals surface area contributed by atoms with Crippen molar-refractivity contribution in [1.82, 2.24) is 4.98 Å². The number of aryl methyl sites for hydroxylation is 1. The number of nitrogens with one attached hydrogen (secondary N) is 1. The molecule has 0 saturated heterocycles. The third-order valence-corrected chi connectivity index (χ3v) is 3.97. The second-order valence-corrected chi connectivity index (χ2v) is 5.16. The first-order valence-corrected chi connectivity index (χ1v) is 6.48. The van der Waals surface area contributed by atoms with Gasteiger partial charge in [-0.25, -0.2) is 8.97 Å². The van der Waals surface area contributed by atoms with Crippen LogP contribution in [0.3, 0.4) is 0 Å². The molecule has 3 rings (SSSR count). The van der Waals surface area contributed by atoms with Crippen molar-refractivity contribution in [1.29, 1.82) is 0 Å². The van der Waals surface area contributed by atoms with Crippen molar-refractivity contribution in [3.05, 3.63) is 35.3 Å². The third-order valence-electron chi connectivity index (χ3n) is 3.97. The average Bonchev–Trinajstić information content (AvgIpc) is 2.86. The van der Waals surface area contributed by atoms with Crippen molar-refractivity contribution < 1.29 is 8.97 Å². The van der Waals surface area contributed by atoms with E-state index >= 15 is 0 Å². The van der Waals surface area contributed by atoms with Crippen LogP contribution in [0.25, 0.3) is 10.9 Å². The van der Waals surface area contributed by atoms with E-state index < -0.39 is 0 Å². The topological polar surface area (TPSA) is 18.8 Å². The van der Waals surface area contributed by atoms with E-state index in [0.29, 0.717) is 0 Å². The molecule has 18 heavy (non-hydrogen) atoms. The van der Waals surface area contributed by atoms with Gasteiger partial charge in [0, 0.05) is 29.4 Å². The highest BCUT2D eigenvalue weighted by molar-refractivity contribution is 5.91. The molecule has 94 valence electrons. The quantitative estimate of drug-likeness (QED) is 0.784. The third kappa shape index (κ3) is 1.74. The van der Waals surface area contributed by atoms with E-state index in [9.17, 15) is 4.39 Å². The van der Waals surface area contributed by atoms with Crippen molar-refractivity contribution in [3.63, 3.8) is 0 Å². The van der Waals surface area contributed by atoms with Gasteiger partial charge in [0.1, 0.15) is 19.4 Å². The normalized spacial score (nSPS) is 15.9. The zero-order valence-electron chi connectivity index (χ0n) is 10.9. The van der Waals surface area contributed by atoms with Gasteiger partial charge in [0.25, 0.3) is 0 Å². The first-order chi connectivity index (χ1) is 8.66. The standard InChI is InChI=1S/C15H18FN2/c1-10-12(9-11-5-4-8-18(11)2)15-13(16)6-3-7-14(15)17-10/h3,6-7,17H,4-5,8-9H2,1-2H3/q+1. The molecule has 0 fully saturated rings.